The number of ether oxygens (including phenoxy) is 1. The topological polar surface area (TPSA) is 113 Å². The standard InChI is InChI=1S/C20H26N4O6/c1-15(25)21-9-11-23(12-10-21)19(26)14-30-20(27)16-5-6-17(18(13-16)24(28)29)22-7-3-2-4-8-22/h5-6,13H,2-4,7-12,14H2,1H3. The van der Waals surface area contributed by atoms with Gasteiger partial charge in [-0.15, -0.1) is 0 Å². The first-order chi connectivity index (χ1) is 14.4. The van der Waals surface area contributed by atoms with E-state index in [2.05, 4.69) is 0 Å². The van der Waals surface area contributed by atoms with E-state index in [-0.39, 0.29) is 23.1 Å². The largest absolute Gasteiger partial charge is 0.452 e. The average Bonchev–Trinajstić information content (AvgIpc) is 2.77. The Labute approximate surface area is 174 Å². The average molecular weight is 418 g/mol. The van der Waals surface area contributed by atoms with Crippen LogP contribution in [0.5, 0.6) is 0 Å². The molecule has 10 nitrogen and oxygen atoms in total. The molecule has 0 bridgehead atoms. The highest BCUT2D eigenvalue weighted by Crippen LogP contribution is 2.31. The number of carbonyl (C=O) groups excluding carboxylic acids is 3. The Morgan fingerprint density at radius 2 is 1.63 bits per heavy atom. The zero-order chi connectivity index (χ0) is 21.7. The van der Waals surface area contributed by atoms with Crippen LogP contribution in [0.4, 0.5) is 11.4 Å². The second kappa shape index (κ2) is 9.55. The minimum atomic E-state index is -0.779. The molecule has 10 heteroatoms. The molecule has 0 saturated carbocycles. The highest BCUT2D eigenvalue weighted by Gasteiger charge is 2.25. The van der Waals surface area contributed by atoms with E-state index in [9.17, 15) is 24.5 Å². The Morgan fingerprint density at radius 1 is 1.00 bits per heavy atom. The molecule has 0 aromatic heterocycles. The van der Waals surface area contributed by atoms with Gasteiger partial charge in [0.15, 0.2) is 6.61 Å². The van der Waals surface area contributed by atoms with Gasteiger partial charge in [0, 0.05) is 52.3 Å². The number of nitrogens with zero attached hydrogens (tertiary/aromatic N) is 4. The summed E-state index contributed by atoms with van der Waals surface area (Å²) in [7, 11) is 0. The predicted octanol–water partition coefficient (Wildman–Crippen LogP) is 1.43. The van der Waals surface area contributed by atoms with Crippen molar-refractivity contribution in [2.45, 2.75) is 26.2 Å². The molecule has 162 valence electrons. The molecule has 2 saturated heterocycles. The number of rotatable bonds is 5. The molecule has 2 aliphatic heterocycles. The molecule has 2 heterocycles. The fourth-order valence-electron chi connectivity index (χ4n) is 3.77. The number of anilines is 1. The van der Waals surface area contributed by atoms with E-state index in [1.807, 2.05) is 4.90 Å². The van der Waals surface area contributed by atoms with E-state index in [4.69, 9.17) is 4.74 Å². The summed E-state index contributed by atoms with van der Waals surface area (Å²) in [4.78, 5) is 52.2. The maximum absolute atomic E-state index is 12.4. The lowest BCUT2D eigenvalue weighted by molar-refractivity contribution is -0.384. The highest BCUT2D eigenvalue weighted by atomic mass is 16.6. The summed E-state index contributed by atoms with van der Waals surface area (Å²) < 4.78 is 5.09. The normalized spacial score (nSPS) is 16.9. The van der Waals surface area contributed by atoms with Crippen LogP contribution in [-0.4, -0.2) is 78.4 Å². The number of piperidine rings is 1. The third kappa shape index (κ3) is 5.05. The number of amides is 2. The monoisotopic (exact) mass is 418 g/mol. The van der Waals surface area contributed by atoms with Crippen LogP contribution in [0.3, 0.4) is 0 Å². The third-order valence-corrected chi connectivity index (χ3v) is 5.51. The first-order valence-corrected chi connectivity index (χ1v) is 10.1. The molecule has 0 N–H and O–H groups in total. The molecule has 0 radical (unpaired) electrons. The summed E-state index contributed by atoms with van der Waals surface area (Å²) in [6.07, 6.45) is 3.06. The summed E-state index contributed by atoms with van der Waals surface area (Å²) in [5, 5.41) is 11.5. The second-order valence-electron chi connectivity index (χ2n) is 7.47. The summed E-state index contributed by atoms with van der Waals surface area (Å²) in [6, 6.07) is 4.28. The fraction of sp³-hybridized carbons (Fsp3) is 0.550. The van der Waals surface area contributed by atoms with E-state index in [0.717, 1.165) is 32.4 Å². The van der Waals surface area contributed by atoms with Crippen LogP contribution in [0.2, 0.25) is 0 Å². The minimum Gasteiger partial charge on any atom is -0.452 e. The van der Waals surface area contributed by atoms with Gasteiger partial charge in [-0.05, 0) is 31.4 Å². The maximum Gasteiger partial charge on any atom is 0.338 e. The SMILES string of the molecule is CC(=O)N1CCN(C(=O)COC(=O)c2ccc(N3CCCCC3)c([N+](=O)[O-])c2)CC1. The van der Waals surface area contributed by atoms with Crippen molar-refractivity contribution in [1.82, 2.24) is 9.80 Å². The Kier molecular flexibility index (Phi) is 6.86. The van der Waals surface area contributed by atoms with Gasteiger partial charge in [0.05, 0.1) is 10.5 Å². The second-order valence-corrected chi connectivity index (χ2v) is 7.47. The van der Waals surface area contributed by atoms with Crippen molar-refractivity contribution in [2.24, 2.45) is 0 Å². The van der Waals surface area contributed by atoms with Gasteiger partial charge < -0.3 is 19.4 Å². The zero-order valence-electron chi connectivity index (χ0n) is 17.0. The summed E-state index contributed by atoms with van der Waals surface area (Å²) in [5.74, 6) is -1.17. The van der Waals surface area contributed by atoms with E-state index in [1.165, 1.54) is 24.0 Å². The summed E-state index contributed by atoms with van der Waals surface area (Å²) in [6.45, 7) is 4.18. The van der Waals surface area contributed by atoms with Gasteiger partial charge in [-0.1, -0.05) is 0 Å². The van der Waals surface area contributed by atoms with Crippen molar-refractivity contribution < 1.29 is 24.0 Å². The van der Waals surface area contributed by atoms with E-state index in [1.54, 1.807) is 11.0 Å². The number of nitro benzene ring substituents is 1. The molecule has 2 aliphatic rings. The number of hydrogen-bond acceptors (Lipinski definition) is 7. The van der Waals surface area contributed by atoms with Crippen molar-refractivity contribution in [2.75, 3.05) is 50.8 Å². The van der Waals surface area contributed by atoms with Crippen molar-refractivity contribution in [1.29, 1.82) is 0 Å². The molecule has 0 unspecified atom stereocenters. The molecule has 0 atom stereocenters. The molecule has 0 spiro atoms. The number of carbonyl (C=O) groups is 3. The maximum atomic E-state index is 12.4. The van der Waals surface area contributed by atoms with Crippen LogP contribution in [0.15, 0.2) is 18.2 Å². The van der Waals surface area contributed by atoms with E-state index < -0.39 is 17.5 Å². The van der Waals surface area contributed by atoms with Crippen LogP contribution in [0, 0.1) is 10.1 Å². The predicted molar refractivity (Wildman–Crippen MR) is 108 cm³/mol. The van der Waals surface area contributed by atoms with Crippen LogP contribution in [-0.2, 0) is 14.3 Å². The van der Waals surface area contributed by atoms with Crippen LogP contribution in [0.25, 0.3) is 0 Å². The van der Waals surface area contributed by atoms with Crippen LogP contribution in [0.1, 0.15) is 36.5 Å². The quantitative estimate of drug-likeness (QED) is 0.404. The minimum absolute atomic E-state index is 0.0386. The Morgan fingerprint density at radius 3 is 2.23 bits per heavy atom. The molecule has 2 amide bonds. The van der Waals surface area contributed by atoms with Gasteiger partial charge in [-0.3, -0.25) is 19.7 Å². The zero-order valence-corrected chi connectivity index (χ0v) is 17.0. The Hall–Kier alpha value is -3.17. The van der Waals surface area contributed by atoms with Crippen LogP contribution >= 0.6 is 0 Å². The molecule has 1 aromatic rings. The molecular weight excluding hydrogens is 392 g/mol. The lowest BCUT2D eigenvalue weighted by atomic mass is 10.1. The molecule has 1 aromatic carbocycles. The number of nitro groups is 1. The fourth-order valence-corrected chi connectivity index (χ4v) is 3.77. The molecular formula is C20H26N4O6. The number of piperazine rings is 1. The van der Waals surface area contributed by atoms with Gasteiger partial charge in [-0.2, -0.15) is 0 Å². The number of benzene rings is 1. The van der Waals surface area contributed by atoms with Crippen LogP contribution < -0.4 is 4.90 Å². The first kappa shape index (κ1) is 21.5. The highest BCUT2D eigenvalue weighted by molar-refractivity contribution is 5.93. The molecule has 2 fully saturated rings. The Balaban J connectivity index is 1.60. The van der Waals surface area contributed by atoms with Gasteiger partial charge in [0.1, 0.15) is 5.69 Å². The van der Waals surface area contributed by atoms with Gasteiger partial charge in [-0.25, -0.2) is 4.79 Å². The van der Waals surface area contributed by atoms with Crippen molar-refractivity contribution in [3.05, 3.63) is 33.9 Å². The van der Waals surface area contributed by atoms with Crippen molar-refractivity contribution in [3.63, 3.8) is 0 Å². The Bertz CT molecular complexity index is 829. The molecule has 3 rings (SSSR count). The molecule has 0 aliphatic carbocycles. The van der Waals surface area contributed by atoms with Crippen molar-refractivity contribution in [3.8, 4) is 0 Å². The van der Waals surface area contributed by atoms with Crippen molar-refractivity contribution >= 4 is 29.2 Å². The van der Waals surface area contributed by atoms with Gasteiger partial charge >= 0.3 is 5.97 Å². The van der Waals surface area contributed by atoms with E-state index >= 15 is 0 Å². The third-order valence-electron chi connectivity index (χ3n) is 5.51. The number of esters is 1. The van der Waals surface area contributed by atoms with Gasteiger partial charge in [0.2, 0.25) is 5.91 Å². The number of hydrogen-bond donors (Lipinski definition) is 0. The first-order valence-electron chi connectivity index (χ1n) is 10.1. The lowest BCUT2D eigenvalue weighted by Gasteiger charge is -2.34. The van der Waals surface area contributed by atoms with E-state index in [0.29, 0.717) is 31.9 Å². The summed E-state index contributed by atoms with van der Waals surface area (Å²) in [5.41, 5.74) is 0.394. The lowest BCUT2D eigenvalue weighted by Crippen LogP contribution is -2.51. The van der Waals surface area contributed by atoms with Gasteiger partial charge in [0.25, 0.3) is 11.6 Å². The smallest absolute Gasteiger partial charge is 0.338 e. The summed E-state index contributed by atoms with van der Waals surface area (Å²) >= 11 is 0. The molecule has 30 heavy (non-hydrogen) atoms.